The molecule has 110 valence electrons. The lowest BCUT2D eigenvalue weighted by Gasteiger charge is -2.25. The van der Waals surface area contributed by atoms with Crippen molar-refractivity contribution in [2.75, 3.05) is 18.0 Å². The number of aromatic nitrogens is 1. The minimum Gasteiger partial charge on any atom is -0.384 e. The molecule has 1 heterocycles. The van der Waals surface area contributed by atoms with E-state index in [1.165, 1.54) is 12.8 Å². The fourth-order valence-corrected chi connectivity index (χ4v) is 2.71. The molecule has 3 rings (SSSR count). The zero-order chi connectivity index (χ0) is 14.8. The van der Waals surface area contributed by atoms with Gasteiger partial charge in [0, 0.05) is 18.5 Å². The summed E-state index contributed by atoms with van der Waals surface area (Å²) >= 11 is 0. The van der Waals surface area contributed by atoms with Crippen LogP contribution in [0.5, 0.6) is 0 Å². The number of rotatable bonds is 6. The number of nitrogens with two attached hydrogens (primary N) is 1. The Morgan fingerprint density at radius 3 is 2.81 bits per heavy atom. The molecule has 1 saturated carbocycles. The Balaban J connectivity index is 2.07. The van der Waals surface area contributed by atoms with Crippen LogP contribution in [0.15, 0.2) is 30.3 Å². The van der Waals surface area contributed by atoms with Gasteiger partial charge in [0.05, 0.1) is 11.1 Å². The van der Waals surface area contributed by atoms with Gasteiger partial charge in [0.1, 0.15) is 11.7 Å². The molecule has 0 atom stereocenters. The maximum atomic E-state index is 7.89. The number of benzene rings is 1. The van der Waals surface area contributed by atoms with Crippen molar-refractivity contribution in [2.45, 2.75) is 26.2 Å². The lowest BCUT2D eigenvalue weighted by atomic mass is 10.1. The third kappa shape index (κ3) is 2.99. The van der Waals surface area contributed by atoms with Crippen molar-refractivity contribution in [3.8, 4) is 0 Å². The number of nitrogen functional groups attached to an aromatic ring is 1. The maximum Gasteiger partial charge on any atom is 0.140 e. The van der Waals surface area contributed by atoms with Crippen molar-refractivity contribution < 1.29 is 0 Å². The minimum absolute atomic E-state index is 0.0974. The van der Waals surface area contributed by atoms with E-state index in [4.69, 9.17) is 16.1 Å². The van der Waals surface area contributed by atoms with Gasteiger partial charge in [0.25, 0.3) is 0 Å². The second-order valence-corrected chi connectivity index (χ2v) is 5.86. The van der Waals surface area contributed by atoms with Gasteiger partial charge in [-0.1, -0.05) is 25.1 Å². The number of pyridine rings is 1. The van der Waals surface area contributed by atoms with Crippen molar-refractivity contribution in [3.05, 3.63) is 35.9 Å². The summed E-state index contributed by atoms with van der Waals surface area (Å²) in [6, 6.07) is 10.0. The van der Waals surface area contributed by atoms with Gasteiger partial charge in [-0.05, 0) is 37.3 Å². The lowest BCUT2D eigenvalue weighted by Crippen LogP contribution is -2.30. The highest BCUT2D eigenvalue weighted by Gasteiger charge is 2.26. The molecule has 1 aliphatic carbocycles. The molecular weight excluding hydrogens is 260 g/mol. The van der Waals surface area contributed by atoms with Crippen molar-refractivity contribution in [3.63, 3.8) is 0 Å². The van der Waals surface area contributed by atoms with Crippen LogP contribution in [0.25, 0.3) is 10.9 Å². The summed E-state index contributed by atoms with van der Waals surface area (Å²) in [5, 5.41) is 8.92. The standard InChI is InChI=1S/C17H22N4/c1-2-9-21(11-12-7-8-12)17-14(16(18)19)10-13-5-3-4-6-15(13)20-17/h3-6,10,12H,2,7-9,11H2,1H3,(H3,18,19). The number of hydrogen-bond donors (Lipinski definition) is 2. The van der Waals surface area contributed by atoms with Crippen LogP contribution >= 0.6 is 0 Å². The summed E-state index contributed by atoms with van der Waals surface area (Å²) in [5.74, 6) is 1.75. The molecule has 0 bridgehead atoms. The first-order chi connectivity index (χ1) is 10.2. The summed E-state index contributed by atoms with van der Waals surface area (Å²) in [6.45, 7) is 4.16. The molecule has 0 aliphatic heterocycles. The second kappa shape index (κ2) is 5.72. The highest BCUT2D eigenvalue weighted by Crippen LogP contribution is 2.32. The first-order valence-electron chi connectivity index (χ1n) is 7.68. The molecule has 0 spiro atoms. The van der Waals surface area contributed by atoms with Gasteiger partial charge in [-0.2, -0.15) is 0 Å². The quantitative estimate of drug-likeness (QED) is 0.632. The minimum atomic E-state index is 0.0974. The molecule has 1 aromatic carbocycles. The van der Waals surface area contributed by atoms with Gasteiger partial charge in [-0.15, -0.1) is 0 Å². The van der Waals surface area contributed by atoms with Crippen LogP contribution in [-0.2, 0) is 0 Å². The molecule has 0 saturated heterocycles. The lowest BCUT2D eigenvalue weighted by molar-refractivity contribution is 0.700. The molecule has 2 aromatic rings. The summed E-state index contributed by atoms with van der Waals surface area (Å²) in [6.07, 6.45) is 3.69. The van der Waals surface area contributed by atoms with Gasteiger partial charge < -0.3 is 10.6 Å². The topological polar surface area (TPSA) is 66.0 Å². The fourth-order valence-electron chi connectivity index (χ4n) is 2.71. The molecule has 21 heavy (non-hydrogen) atoms. The van der Waals surface area contributed by atoms with Crippen LogP contribution in [-0.4, -0.2) is 23.9 Å². The number of anilines is 1. The summed E-state index contributed by atoms with van der Waals surface area (Å²) in [7, 11) is 0. The normalized spacial score (nSPS) is 14.3. The third-order valence-electron chi connectivity index (χ3n) is 3.96. The number of amidine groups is 1. The molecule has 1 aromatic heterocycles. The van der Waals surface area contributed by atoms with Crippen LogP contribution in [0.2, 0.25) is 0 Å². The Morgan fingerprint density at radius 2 is 2.14 bits per heavy atom. The van der Waals surface area contributed by atoms with Crippen LogP contribution < -0.4 is 10.6 Å². The Kier molecular flexibility index (Phi) is 3.78. The van der Waals surface area contributed by atoms with E-state index in [1.54, 1.807) is 0 Å². The van der Waals surface area contributed by atoms with Crippen LogP contribution in [0, 0.1) is 11.3 Å². The SMILES string of the molecule is CCCN(CC1CC1)c1nc2ccccc2cc1C(=N)N. The Morgan fingerprint density at radius 1 is 1.38 bits per heavy atom. The average molecular weight is 282 g/mol. The van der Waals surface area contributed by atoms with E-state index >= 15 is 0 Å². The van der Waals surface area contributed by atoms with Crippen molar-refractivity contribution in [1.29, 1.82) is 5.41 Å². The molecule has 1 fully saturated rings. The van der Waals surface area contributed by atoms with E-state index in [0.717, 1.165) is 47.7 Å². The smallest absolute Gasteiger partial charge is 0.140 e. The van der Waals surface area contributed by atoms with E-state index in [0.29, 0.717) is 0 Å². The Hall–Kier alpha value is -2.10. The van der Waals surface area contributed by atoms with Crippen LogP contribution in [0.1, 0.15) is 31.7 Å². The molecule has 4 nitrogen and oxygen atoms in total. The van der Waals surface area contributed by atoms with E-state index in [9.17, 15) is 0 Å². The molecule has 0 unspecified atom stereocenters. The summed E-state index contributed by atoms with van der Waals surface area (Å²) in [4.78, 5) is 7.11. The Bertz CT molecular complexity index is 661. The zero-order valence-electron chi connectivity index (χ0n) is 12.5. The number of nitrogens with one attached hydrogen (secondary N) is 1. The van der Waals surface area contributed by atoms with Gasteiger partial charge in [0.2, 0.25) is 0 Å². The van der Waals surface area contributed by atoms with E-state index in [1.807, 2.05) is 30.3 Å². The number of nitrogens with zero attached hydrogens (tertiary/aromatic N) is 2. The molecule has 1 aliphatic rings. The van der Waals surface area contributed by atoms with Crippen molar-refractivity contribution in [2.24, 2.45) is 11.7 Å². The molecule has 0 radical (unpaired) electrons. The first kappa shape index (κ1) is 13.9. The monoisotopic (exact) mass is 282 g/mol. The summed E-state index contributed by atoms with van der Waals surface area (Å²) in [5.41, 5.74) is 7.52. The van der Waals surface area contributed by atoms with Gasteiger partial charge in [-0.3, -0.25) is 5.41 Å². The molecule has 3 N–H and O–H groups in total. The Labute approximate surface area is 125 Å². The van der Waals surface area contributed by atoms with Crippen LogP contribution in [0.3, 0.4) is 0 Å². The first-order valence-corrected chi connectivity index (χ1v) is 7.68. The van der Waals surface area contributed by atoms with E-state index < -0.39 is 0 Å². The highest BCUT2D eigenvalue weighted by molar-refractivity contribution is 6.03. The fraction of sp³-hybridized carbons (Fsp3) is 0.412. The zero-order valence-corrected chi connectivity index (χ0v) is 12.5. The molecule has 4 heteroatoms. The number of para-hydroxylation sites is 1. The third-order valence-corrected chi connectivity index (χ3v) is 3.96. The number of fused-ring (bicyclic) bond motifs is 1. The number of hydrogen-bond acceptors (Lipinski definition) is 3. The van der Waals surface area contributed by atoms with Crippen LogP contribution in [0.4, 0.5) is 5.82 Å². The predicted octanol–water partition coefficient (Wildman–Crippen LogP) is 3.15. The van der Waals surface area contributed by atoms with Crippen molar-refractivity contribution >= 4 is 22.6 Å². The predicted molar refractivity (Wildman–Crippen MR) is 88.0 cm³/mol. The average Bonchev–Trinajstić information content (AvgIpc) is 3.29. The van der Waals surface area contributed by atoms with Gasteiger partial charge >= 0.3 is 0 Å². The second-order valence-electron chi connectivity index (χ2n) is 5.86. The largest absolute Gasteiger partial charge is 0.384 e. The van der Waals surface area contributed by atoms with Gasteiger partial charge in [0.15, 0.2) is 0 Å². The van der Waals surface area contributed by atoms with Gasteiger partial charge in [-0.25, -0.2) is 4.98 Å². The molecular formula is C17H22N4. The summed E-state index contributed by atoms with van der Waals surface area (Å²) < 4.78 is 0. The highest BCUT2D eigenvalue weighted by atomic mass is 15.2. The molecule has 0 amide bonds. The van der Waals surface area contributed by atoms with E-state index in [2.05, 4.69) is 11.8 Å². The van der Waals surface area contributed by atoms with Crippen molar-refractivity contribution in [1.82, 2.24) is 4.98 Å². The maximum absolute atomic E-state index is 7.89. The van der Waals surface area contributed by atoms with E-state index in [-0.39, 0.29) is 5.84 Å².